The SMILES string of the molecule is O=C(NC1CCC(N2CC(F)C2)CC1)OCc1ccccc1.O=C(NC1CCC(N2CC(F)C2)CC1)OCc1ccccc1. The summed E-state index contributed by atoms with van der Waals surface area (Å²) in [6.45, 7) is 2.94. The Morgan fingerprint density at radius 2 is 0.932 bits per heavy atom. The molecular formula is C34H46F2N4O4. The summed E-state index contributed by atoms with van der Waals surface area (Å²) in [4.78, 5) is 28.1. The molecule has 2 aliphatic heterocycles. The third-order valence-electron chi connectivity index (χ3n) is 9.23. The number of alkyl carbamates (subject to hydrolysis) is 2. The molecule has 0 spiro atoms. The van der Waals surface area contributed by atoms with Gasteiger partial charge in [-0.3, -0.25) is 9.80 Å². The summed E-state index contributed by atoms with van der Waals surface area (Å²) in [6.07, 6.45) is 5.90. The minimum atomic E-state index is -0.635. The van der Waals surface area contributed by atoms with Crippen LogP contribution in [0.25, 0.3) is 0 Å². The third kappa shape index (κ3) is 9.89. The average Bonchev–Trinajstić information content (AvgIpc) is 3.02. The van der Waals surface area contributed by atoms with Crippen molar-refractivity contribution < 1.29 is 27.8 Å². The van der Waals surface area contributed by atoms with Crippen molar-refractivity contribution in [2.45, 2.75) is 101 Å². The number of rotatable bonds is 8. The van der Waals surface area contributed by atoms with Crippen LogP contribution in [-0.2, 0) is 22.7 Å². The lowest BCUT2D eigenvalue weighted by Gasteiger charge is -2.43. The zero-order valence-electron chi connectivity index (χ0n) is 25.4. The van der Waals surface area contributed by atoms with Gasteiger partial charge in [0, 0.05) is 50.3 Å². The highest BCUT2D eigenvalue weighted by molar-refractivity contribution is 5.68. The molecule has 2 aromatic rings. The Morgan fingerprint density at radius 3 is 1.25 bits per heavy atom. The number of amides is 2. The van der Waals surface area contributed by atoms with Crippen LogP contribution in [0.3, 0.4) is 0 Å². The van der Waals surface area contributed by atoms with Gasteiger partial charge >= 0.3 is 12.2 Å². The highest BCUT2D eigenvalue weighted by Crippen LogP contribution is 2.28. The molecule has 2 saturated carbocycles. The predicted octanol–water partition coefficient (Wildman–Crippen LogP) is 5.76. The van der Waals surface area contributed by atoms with Gasteiger partial charge in [-0.2, -0.15) is 0 Å². The Balaban J connectivity index is 0.000000175. The number of benzene rings is 2. The lowest BCUT2D eigenvalue weighted by Crippen LogP contribution is -2.55. The number of nitrogens with one attached hydrogen (secondary N) is 2. The molecule has 4 fully saturated rings. The number of nitrogens with zero attached hydrogens (tertiary/aromatic N) is 2. The van der Waals surface area contributed by atoms with E-state index in [-0.39, 0.29) is 24.3 Å². The number of likely N-dealkylation sites (tertiary alicyclic amines) is 2. The lowest BCUT2D eigenvalue weighted by atomic mass is 9.88. The van der Waals surface area contributed by atoms with Gasteiger partial charge in [-0.25, -0.2) is 18.4 Å². The molecule has 0 radical (unpaired) electrons. The van der Waals surface area contributed by atoms with E-state index in [1.165, 1.54) is 0 Å². The summed E-state index contributed by atoms with van der Waals surface area (Å²) >= 11 is 0. The molecule has 0 unspecified atom stereocenters. The van der Waals surface area contributed by atoms with Gasteiger partial charge in [0.2, 0.25) is 0 Å². The largest absolute Gasteiger partial charge is 0.445 e. The van der Waals surface area contributed by atoms with E-state index in [4.69, 9.17) is 9.47 Å². The monoisotopic (exact) mass is 612 g/mol. The van der Waals surface area contributed by atoms with Crippen molar-refractivity contribution in [3.63, 3.8) is 0 Å². The Hall–Kier alpha value is -3.24. The first kappa shape index (κ1) is 32.2. The molecule has 0 bridgehead atoms. The molecule has 2 N–H and O–H groups in total. The maximum atomic E-state index is 12.9. The molecule has 2 aromatic carbocycles. The Labute approximate surface area is 259 Å². The van der Waals surface area contributed by atoms with E-state index in [1.54, 1.807) is 0 Å². The first-order valence-electron chi connectivity index (χ1n) is 16.1. The maximum Gasteiger partial charge on any atom is 0.407 e. The maximum absolute atomic E-state index is 12.9. The quantitative estimate of drug-likeness (QED) is 0.395. The van der Waals surface area contributed by atoms with E-state index in [2.05, 4.69) is 20.4 Å². The number of ether oxygens (including phenoxy) is 2. The van der Waals surface area contributed by atoms with Crippen LogP contribution < -0.4 is 10.6 Å². The van der Waals surface area contributed by atoms with Crippen LogP contribution in [0.15, 0.2) is 60.7 Å². The van der Waals surface area contributed by atoms with Crippen molar-refractivity contribution in [3.8, 4) is 0 Å². The standard InChI is InChI=1S/2C17H23FN2O2/c2*18-14-10-20(11-14)16-8-6-15(7-9-16)19-17(21)22-12-13-4-2-1-3-5-13/h2*1-5,14-16H,6-12H2,(H,19,21). The van der Waals surface area contributed by atoms with Crippen molar-refractivity contribution in [2.24, 2.45) is 0 Å². The van der Waals surface area contributed by atoms with Gasteiger partial charge in [-0.05, 0) is 62.5 Å². The van der Waals surface area contributed by atoms with Gasteiger partial charge in [0.05, 0.1) is 0 Å². The molecule has 44 heavy (non-hydrogen) atoms. The number of hydrogen-bond donors (Lipinski definition) is 2. The highest BCUT2D eigenvalue weighted by atomic mass is 19.1. The number of hydrogen-bond acceptors (Lipinski definition) is 6. The predicted molar refractivity (Wildman–Crippen MR) is 165 cm³/mol. The minimum Gasteiger partial charge on any atom is -0.445 e. The van der Waals surface area contributed by atoms with Crippen molar-refractivity contribution in [1.82, 2.24) is 20.4 Å². The van der Waals surface area contributed by atoms with E-state index in [0.717, 1.165) is 62.5 Å². The van der Waals surface area contributed by atoms with E-state index >= 15 is 0 Å². The zero-order chi connectivity index (χ0) is 30.7. The molecular weight excluding hydrogens is 566 g/mol. The first-order chi connectivity index (χ1) is 21.4. The molecule has 6 rings (SSSR count). The molecule has 0 atom stereocenters. The van der Waals surface area contributed by atoms with Gasteiger partial charge in [0.25, 0.3) is 0 Å². The summed E-state index contributed by atoms with van der Waals surface area (Å²) in [7, 11) is 0. The van der Waals surface area contributed by atoms with Crippen LogP contribution in [-0.4, -0.2) is 84.7 Å². The molecule has 2 aliphatic carbocycles. The van der Waals surface area contributed by atoms with Crippen molar-refractivity contribution in [3.05, 3.63) is 71.8 Å². The Morgan fingerprint density at radius 1 is 0.591 bits per heavy atom. The summed E-state index contributed by atoms with van der Waals surface area (Å²) in [5.74, 6) is 0. The normalized spacial score (nSPS) is 26.2. The van der Waals surface area contributed by atoms with E-state index in [0.29, 0.717) is 51.5 Å². The van der Waals surface area contributed by atoms with Crippen LogP contribution in [0.2, 0.25) is 0 Å². The molecule has 10 heteroatoms. The summed E-state index contributed by atoms with van der Waals surface area (Å²) in [6, 6.07) is 20.7. The molecule has 4 aliphatic rings. The lowest BCUT2D eigenvalue weighted by molar-refractivity contribution is 0.0106. The van der Waals surface area contributed by atoms with Gasteiger partial charge in [-0.1, -0.05) is 60.7 Å². The van der Waals surface area contributed by atoms with Gasteiger partial charge in [0.1, 0.15) is 25.6 Å². The average molecular weight is 613 g/mol. The molecule has 0 aromatic heterocycles. The number of halogens is 2. The summed E-state index contributed by atoms with van der Waals surface area (Å²) in [5, 5.41) is 5.88. The zero-order valence-corrected chi connectivity index (χ0v) is 25.4. The van der Waals surface area contributed by atoms with Crippen molar-refractivity contribution in [2.75, 3.05) is 26.2 Å². The van der Waals surface area contributed by atoms with Crippen LogP contribution in [0, 0.1) is 0 Å². The van der Waals surface area contributed by atoms with E-state index in [1.807, 2.05) is 60.7 Å². The van der Waals surface area contributed by atoms with E-state index < -0.39 is 12.3 Å². The van der Waals surface area contributed by atoms with Gasteiger partial charge in [0.15, 0.2) is 0 Å². The topological polar surface area (TPSA) is 83.1 Å². The van der Waals surface area contributed by atoms with E-state index in [9.17, 15) is 18.4 Å². The summed E-state index contributed by atoms with van der Waals surface area (Å²) in [5.41, 5.74) is 1.97. The van der Waals surface area contributed by atoms with Crippen molar-refractivity contribution in [1.29, 1.82) is 0 Å². The third-order valence-corrected chi connectivity index (χ3v) is 9.23. The molecule has 2 amide bonds. The first-order valence-corrected chi connectivity index (χ1v) is 16.1. The second-order valence-corrected chi connectivity index (χ2v) is 12.5. The Kier molecular flexibility index (Phi) is 11.8. The smallest absolute Gasteiger partial charge is 0.407 e. The minimum absolute atomic E-state index is 0.182. The fourth-order valence-electron chi connectivity index (χ4n) is 6.54. The number of alkyl halides is 2. The number of carbonyl (C=O) groups is 2. The second kappa shape index (κ2) is 16.2. The Bertz CT molecular complexity index is 1060. The van der Waals surface area contributed by atoms with Crippen LogP contribution in [0.4, 0.5) is 18.4 Å². The molecule has 2 heterocycles. The molecule has 240 valence electrons. The van der Waals surface area contributed by atoms with Crippen LogP contribution >= 0.6 is 0 Å². The van der Waals surface area contributed by atoms with Gasteiger partial charge < -0.3 is 20.1 Å². The van der Waals surface area contributed by atoms with Crippen LogP contribution in [0.1, 0.15) is 62.5 Å². The van der Waals surface area contributed by atoms with Crippen molar-refractivity contribution >= 4 is 12.2 Å². The highest BCUT2D eigenvalue weighted by Gasteiger charge is 2.36. The molecule has 2 saturated heterocycles. The molecule has 8 nitrogen and oxygen atoms in total. The summed E-state index contributed by atoms with van der Waals surface area (Å²) < 4.78 is 36.2. The number of carbonyl (C=O) groups excluding carboxylic acids is 2. The van der Waals surface area contributed by atoms with Crippen LogP contribution in [0.5, 0.6) is 0 Å². The van der Waals surface area contributed by atoms with Gasteiger partial charge in [-0.15, -0.1) is 0 Å². The fourth-order valence-corrected chi connectivity index (χ4v) is 6.54. The fraction of sp³-hybridized carbons (Fsp3) is 0.588. The second-order valence-electron chi connectivity index (χ2n) is 12.5.